The molecule has 22 heavy (non-hydrogen) atoms. The summed E-state index contributed by atoms with van der Waals surface area (Å²) in [6, 6.07) is 0. The van der Waals surface area contributed by atoms with Crippen LogP contribution in [0.1, 0.15) is 77.6 Å². The maximum absolute atomic E-state index is 9.01. The summed E-state index contributed by atoms with van der Waals surface area (Å²) in [5, 5.41) is 9.01. The first-order valence-electron chi connectivity index (χ1n) is 9.40. The van der Waals surface area contributed by atoms with Crippen molar-refractivity contribution >= 4 is 6.21 Å². The van der Waals surface area contributed by atoms with Crippen LogP contribution in [0.2, 0.25) is 0 Å². The van der Waals surface area contributed by atoms with Crippen LogP contribution in [0.25, 0.3) is 0 Å². The van der Waals surface area contributed by atoms with Crippen LogP contribution in [0.3, 0.4) is 0 Å². The normalized spacial score (nSPS) is 18.7. The molecule has 0 fully saturated rings. The Morgan fingerprint density at radius 1 is 1.05 bits per heavy atom. The molecule has 0 bridgehead atoms. The fourth-order valence-corrected chi connectivity index (χ4v) is 2.98. The van der Waals surface area contributed by atoms with E-state index >= 15 is 0 Å². The van der Waals surface area contributed by atoms with Gasteiger partial charge in [0, 0.05) is 19.3 Å². The molecule has 128 valence electrons. The zero-order valence-corrected chi connectivity index (χ0v) is 14.6. The Bertz CT molecular complexity index is 302. The van der Waals surface area contributed by atoms with E-state index in [9.17, 15) is 0 Å². The highest BCUT2D eigenvalue weighted by molar-refractivity contribution is 5.62. The number of β-amino-alcohol motifs (C(OH)–C–C–N with tert-alkyl or cyclic N) is 1. The summed E-state index contributed by atoms with van der Waals surface area (Å²) >= 11 is 0. The lowest BCUT2D eigenvalue weighted by molar-refractivity contribution is 0.176. The van der Waals surface area contributed by atoms with E-state index in [1.165, 1.54) is 64.2 Å². The Kier molecular flexibility index (Phi) is 12.3. The highest BCUT2D eigenvalue weighted by atomic mass is 16.3. The molecule has 0 aromatic rings. The average molecular weight is 309 g/mol. The molecule has 3 heteroatoms. The minimum absolute atomic E-state index is 0.242. The molecule has 1 atom stereocenters. The molecule has 0 aliphatic carbocycles. The summed E-state index contributed by atoms with van der Waals surface area (Å²) in [5.74, 6) is 0. The second-order valence-electron chi connectivity index (χ2n) is 6.34. The van der Waals surface area contributed by atoms with Gasteiger partial charge in [0.2, 0.25) is 0 Å². The van der Waals surface area contributed by atoms with Gasteiger partial charge in [0.15, 0.2) is 0 Å². The SMILES string of the molecule is CCCCC/C=C/CCCCCCCC1N=CCN1CCO. The summed E-state index contributed by atoms with van der Waals surface area (Å²) in [7, 11) is 0. The van der Waals surface area contributed by atoms with E-state index in [-0.39, 0.29) is 6.61 Å². The van der Waals surface area contributed by atoms with Gasteiger partial charge >= 0.3 is 0 Å². The Labute approximate surface area is 137 Å². The van der Waals surface area contributed by atoms with Crippen LogP contribution in [0.15, 0.2) is 17.1 Å². The minimum Gasteiger partial charge on any atom is -0.395 e. The van der Waals surface area contributed by atoms with Crippen molar-refractivity contribution in [2.24, 2.45) is 4.99 Å². The highest BCUT2D eigenvalue weighted by Crippen LogP contribution is 2.15. The number of rotatable bonds is 14. The van der Waals surface area contributed by atoms with Crippen molar-refractivity contribution in [1.82, 2.24) is 4.90 Å². The van der Waals surface area contributed by atoms with Gasteiger partial charge in [-0.2, -0.15) is 0 Å². The van der Waals surface area contributed by atoms with Gasteiger partial charge in [0.05, 0.1) is 6.61 Å². The zero-order valence-electron chi connectivity index (χ0n) is 14.6. The lowest BCUT2D eigenvalue weighted by atomic mass is 10.1. The number of aliphatic hydroxyl groups excluding tert-OH is 1. The Morgan fingerprint density at radius 3 is 2.45 bits per heavy atom. The largest absolute Gasteiger partial charge is 0.395 e. The number of aliphatic imine (C=N–C) groups is 1. The third-order valence-corrected chi connectivity index (χ3v) is 4.38. The molecular formula is C19H36N2O. The maximum Gasteiger partial charge on any atom is 0.102 e. The van der Waals surface area contributed by atoms with Crippen LogP contribution >= 0.6 is 0 Å². The molecule has 0 saturated heterocycles. The van der Waals surface area contributed by atoms with E-state index in [4.69, 9.17) is 5.11 Å². The molecular weight excluding hydrogens is 272 g/mol. The van der Waals surface area contributed by atoms with Gasteiger partial charge in [0.25, 0.3) is 0 Å². The van der Waals surface area contributed by atoms with Gasteiger partial charge in [0.1, 0.15) is 6.17 Å². The van der Waals surface area contributed by atoms with Gasteiger partial charge in [-0.25, -0.2) is 0 Å². The van der Waals surface area contributed by atoms with Crippen molar-refractivity contribution in [3.05, 3.63) is 12.2 Å². The van der Waals surface area contributed by atoms with E-state index in [0.29, 0.717) is 6.17 Å². The Morgan fingerprint density at radius 2 is 1.73 bits per heavy atom. The molecule has 0 aromatic carbocycles. The molecule has 1 heterocycles. The van der Waals surface area contributed by atoms with Crippen LogP contribution in [0.5, 0.6) is 0 Å². The van der Waals surface area contributed by atoms with E-state index in [1.807, 2.05) is 6.21 Å². The van der Waals surface area contributed by atoms with Gasteiger partial charge in [-0.05, 0) is 38.5 Å². The lowest BCUT2D eigenvalue weighted by Gasteiger charge is -2.21. The van der Waals surface area contributed by atoms with Crippen molar-refractivity contribution in [2.45, 2.75) is 83.7 Å². The number of hydrogen-bond donors (Lipinski definition) is 1. The Hall–Kier alpha value is -0.670. The van der Waals surface area contributed by atoms with E-state index in [2.05, 4.69) is 29.0 Å². The van der Waals surface area contributed by atoms with Crippen LogP contribution in [-0.4, -0.2) is 42.1 Å². The monoisotopic (exact) mass is 308 g/mol. The molecule has 0 saturated carbocycles. The van der Waals surface area contributed by atoms with E-state index in [0.717, 1.165) is 19.5 Å². The average Bonchev–Trinajstić information content (AvgIpc) is 2.96. The molecule has 3 nitrogen and oxygen atoms in total. The van der Waals surface area contributed by atoms with Crippen molar-refractivity contribution in [3.63, 3.8) is 0 Å². The standard InChI is InChI=1S/C19H36N2O/c1-2-3-4-5-6-7-8-9-10-11-12-13-14-19-20-15-16-21(19)17-18-22/h6-7,15,19,22H,2-5,8-14,16-18H2,1H3/b7-6+. The van der Waals surface area contributed by atoms with Gasteiger partial charge in [-0.1, -0.05) is 51.2 Å². The van der Waals surface area contributed by atoms with Crippen molar-refractivity contribution in [2.75, 3.05) is 19.7 Å². The van der Waals surface area contributed by atoms with E-state index < -0.39 is 0 Å². The summed E-state index contributed by atoms with van der Waals surface area (Å²) in [6.45, 7) is 4.17. The van der Waals surface area contributed by atoms with Crippen LogP contribution in [0, 0.1) is 0 Å². The fourth-order valence-electron chi connectivity index (χ4n) is 2.98. The Balaban J connectivity index is 1.86. The molecule has 0 amide bonds. The zero-order chi connectivity index (χ0) is 15.9. The number of aliphatic hydroxyl groups is 1. The first kappa shape index (κ1) is 19.4. The van der Waals surface area contributed by atoms with Crippen molar-refractivity contribution in [3.8, 4) is 0 Å². The number of nitrogens with zero attached hydrogens (tertiary/aromatic N) is 2. The summed E-state index contributed by atoms with van der Waals surface area (Å²) in [4.78, 5) is 6.77. The number of allylic oxidation sites excluding steroid dienone is 2. The molecule has 1 rings (SSSR count). The predicted molar refractivity (Wildman–Crippen MR) is 96.5 cm³/mol. The summed E-state index contributed by atoms with van der Waals surface area (Å²) in [5.41, 5.74) is 0. The smallest absolute Gasteiger partial charge is 0.102 e. The van der Waals surface area contributed by atoms with E-state index in [1.54, 1.807) is 0 Å². The third-order valence-electron chi connectivity index (χ3n) is 4.38. The molecule has 0 spiro atoms. The first-order chi connectivity index (χ1) is 10.9. The molecule has 1 N–H and O–H groups in total. The topological polar surface area (TPSA) is 35.8 Å². The van der Waals surface area contributed by atoms with Gasteiger partial charge < -0.3 is 5.11 Å². The lowest BCUT2D eigenvalue weighted by Crippen LogP contribution is -2.32. The first-order valence-corrected chi connectivity index (χ1v) is 9.40. The highest BCUT2D eigenvalue weighted by Gasteiger charge is 2.19. The van der Waals surface area contributed by atoms with Crippen molar-refractivity contribution in [1.29, 1.82) is 0 Å². The molecule has 0 radical (unpaired) electrons. The summed E-state index contributed by atoms with van der Waals surface area (Å²) < 4.78 is 0. The predicted octanol–water partition coefficient (Wildman–Crippen LogP) is 4.56. The van der Waals surface area contributed by atoms with Crippen LogP contribution in [0.4, 0.5) is 0 Å². The minimum atomic E-state index is 0.242. The van der Waals surface area contributed by atoms with Crippen molar-refractivity contribution < 1.29 is 5.11 Å². The molecule has 1 aliphatic rings. The van der Waals surface area contributed by atoms with Gasteiger partial charge in [-0.15, -0.1) is 0 Å². The second-order valence-corrected chi connectivity index (χ2v) is 6.34. The molecule has 0 aromatic heterocycles. The molecule has 1 unspecified atom stereocenters. The quantitative estimate of drug-likeness (QED) is 0.377. The number of unbranched alkanes of at least 4 members (excludes halogenated alkanes) is 8. The van der Waals surface area contributed by atoms with Crippen LogP contribution < -0.4 is 0 Å². The van der Waals surface area contributed by atoms with Crippen LogP contribution in [-0.2, 0) is 0 Å². The second kappa shape index (κ2) is 14.0. The maximum atomic E-state index is 9.01. The summed E-state index contributed by atoms with van der Waals surface area (Å²) in [6.07, 6.45) is 21.4. The van der Waals surface area contributed by atoms with Gasteiger partial charge in [-0.3, -0.25) is 9.89 Å². The third kappa shape index (κ3) is 9.37. The molecule has 1 aliphatic heterocycles. The number of hydrogen-bond acceptors (Lipinski definition) is 3. The fraction of sp³-hybridized carbons (Fsp3) is 0.842.